The van der Waals surface area contributed by atoms with Gasteiger partial charge in [0.15, 0.2) is 0 Å². The molecule has 2 N–H and O–H groups in total. The molecule has 0 amide bonds. The summed E-state index contributed by atoms with van der Waals surface area (Å²) in [6.45, 7) is 4.77. The molecule has 1 atom stereocenters. The molecular weight excluding hydrogens is 230 g/mol. The molecule has 0 saturated heterocycles. The van der Waals surface area contributed by atoms with Crippen LogP contribution in [0, 0.1) is 0 Å². The average molecular weight is 247 g/mol. The van der Waals surface area contributed by atoms with Crippen LogP contribution in [-0.4, -0.2) is 21.3 Å². The molecule has 0 spiro atoms. The van der Waals surface area contributed by atoms with Crippen LogP contribution in [0.25, 0.3) is 11.4 Å². The van der Waals surface area contributed by atoms with Gasteiger partial charge in [-0.2, -0.15) is 4.98 Å². The molecule has 0 bridgehead atoms. The zero-order valence-corrected chi connectivity index (χ0v) is 10.6. The standard InChI is InChI=1S/C13H17N3O2/c1-3-9(2)14-8-12-15-13(16-18-12)10-5-4-6-11(17)7-10/h4-7,9,14,17H,3,8H2,1-2H3. The maximum absolute atomic E-state index is 9.39. The van der Waals surface area contributed by atoms with E-state index in [1.807, 2.05) is 6.07 Å². The minimum atomic E-state index is 0.191. The van der Waals surface area contributed by atoms with Crippen molar-refractivity contribution in [2.75, 3.05) is 0 Å². The van der Waals surface area contributed by atoms with Crippen LogP contribution < -0.4 is 5.32 Å². The Kier molecular flexibility index (Phi) is 3.94. The summed E-state index contributed by atoms with van der Waals surface area (Å²) in [5.74, 6) is 1.23. The Hall–Kier alpha value is -1.88. The Morgan fingerprint density at radius 1 is 1.44 bits per heavy atom. The Balaban J connectivity index is 2.06. The zero-order valence-electron chi connectivity index (χ0n) is 10.6. The van der Waals surface area contributed by atoms with Crippen LogP contribution in [0.2, 0.25) is 0 Å². The molecule has 1 heterocycles. The van der Waals surface area contributed by atoms with E-state index in [9.17, 15) is 5.11 Å². The van der Waals surface area contributed by atoms with E-state index in [0.29, 0.717) is 24.3 Å². The molecule has 5 heteroatoms. The average Bonchev–Trinajstić information content (AvgIpc) is 2.84. The first-order valence-electron chi connectivity index (χ1n) is 6.04. The number of aromatic hydroxyl groups is 1. The molecule has 0 fully saturated rings. The maximum Gasteiger partial charge on any atom is 0.240 e. The molecule has 18 heavy (non-hydrogen) atoms. The topological polar surface area (TPSA) is 71.2 Å². The Morgan fingerprint density at radius 2 is 2.28 bits per heavy atom. The summed E-state index contributed by atoms with van der Waals surface area (Å²) in [6, 6.07) is 7.21. The van der Waals surface area contributed by atoms with Crippen molar-refractivity contribution in [2.24, 2.45) is 0 Å². The molecule has 0 aliphatic rings. The molecule has 0 aliphatic carbocycles. The molecule has 0 saturated carbocycles. The number of rotatable bonds is 5. The van der Waals surface area contributed by atoms with E-state index in [-0.39, 0.29) is 5.75 Å². The van der Waals surface area contributed by atoms with Crippen molar-refractivity contribution in [1.82, 2.24) is 15.5 Å². The summed E-state index contributed by atoms with van der Waals surface area (Å²) in [5.41, 5.74) is 0.744. The maximum atomic E-state index is 9.39. The summed E-state index contributed by atoms with van der Waals surface area (Å²) in [4.78, 5) is 4.28. The van der Waals surface area contributed by atoms with E-state index in [0.717, 1.165) is 12.0 Å². The fourth-order valence-electron chi connectivity index (χ4n) is 1.49. The lowest BCUT2D eigenvalue weighted by atomic mass is 10.2. The van der Waals surface area contributed by atoms with Gasteiger partial charge in [0, 0.05) is 11.6 Å². The van der Waals surface area contributed by atoms with Gasteiger partial charge in [-0.25, -0.2) is 0 Å². The van der Waals surface area contributed by atoms with E-state index in [1.54, 1.807) is 18.2 Å². The second-order valence-electron chi connectivity index (χ2n) is 4.25. The first-order valence-corrected chi connectivity index (χ1v) is 6.04. The molecule has 1 unspecified atom stereocenters. The highest BCUT2D eigenvalue weighted by atomic mass is 16.5. The monoisotopic (exact) mass is 247 g/mol. The lowest BCUT2D eigenvalue weighted by Gasteiger charge is -2.07. The van der Waals surface area contributed by atoms with Gasteiger partial charge in [0.2, 0.25) is 11.7 Å². The summed E-state index contributed by atoms with van der Waals surface area (Å²) in [5, 5.41) is 16.6. The van der Waals surface area contributed by atoms with Gasteiger partial charge >= 0.3 is 0 Å². The van der Waals surface area contributed by atoms with Crippen molar-refractivity contribution in [2.45, 2.75) is 32.9 Å². The van der Waals surface area contributed by atoms with Crippen LogP contribution in [-0.2, 0) is 6.54 Å². The lowest BCUT2D eigenvalue weighted by Crippen LogP contribution is -2.24. The predicted molar refractivity (Wildman–Crippen MR) is 68.0 cm³/mol. The largest absolute Gasteiger partial charge is 0.508 e. The van der Waals surface area contributed by atoms with Crippen molar-refractivity contribution in [3.8, 4) is 17.1 Å². The van der Waals surface area contributed by atoms with Gasteiger partial charge in [0.1, 0.15) is 5.75 Å². The number of hydrogen-bond acceptors (Lipinski definition) is 5. The second kappa shape index (κ2) is 5.64. The van der Waals surface area contributed by atoms with Gasteiger partial charge in [-0.1, -0.05) is 24.2 Å². The molecule has 2 rings (SSSR count). The molecule has 2 aromatic rings. The molecule has 0 radical (unpaired) electrons. The molecule has 5 nitrogen and oxygen atoms in total. The van der Waals surface area contributed by atoms with Crippen molar-refractivity contribution in [3.63, 3.8) is 0 Å². The highest BCUT2D eigenvalue weighted by Gasteiger charge is 2.09. The van der Waals surface area contributed by atoms with Gasteiger partial charge in [-0.15, -0.1) is 0 Å². The molecule has 1 aromatic heterocycles. The van der Waals surface area contributed by atoms with Crippen molar-refractivity contribution >= 4 is 0 Å². The fourth-order valence-corrected chi connectivity index (χ4v) is 1.49. The lowest BCUT2D eigenvalue weighted by molar-refractivity contribution is 0.358. The Bertz CT molecular complexity index is 510. The van der Waals surface area contributed by atoms with E-state index >= 15 is 0 Å². The summed E-state index contributed by atoms with van der Waals surface area (Å²) in [6.07, 6.45) is 1.05. The predicted octanol–water partition coefficient (Wildman–Crippen LogP) is 2.33. The van der Waals surface area contributed by atoms with E-state index in [1.165, 1.54) is 0 Å². The minimum absolute atomic E-state index is 0.191. The van der Waals surface area contributed by atoms with E-state index in [4.69, 9.17) is 4.52 Å². The van der Waals surface area contributed by atoms with E-state index in [2.05, 4.69) is 29.3 Å². The van der Waals surface area contributed by atoms with Crippen LogP contribution in [0.1, 0.15) is 26.2 Å². The van der Waals surface area contributed by atoms with Gasteiger partial charge < -0.3 is 14.9 Å². The fraction of sp³-hybridized carbons (Fsp3) is 0.385. The SMILES string of the molecule is CCC(C)NCc1nc(-c2cccc(O)c2)no1. The minimum Gasteiger partial charge on any atom is -0.508 e. The Morgan fingerprint density at radius 3 is 3.00 bits per heavy atom. The van der Waals surface area contributed by atoms with Crippen molar-refractivity contribution in [1.29, 1.82) is 0 Å². The van der Waals surface area contributed by atoms with Crippen LogP contribution >= 0.6 is 0 Å². The van der Waals surface area contributed by atoms with Gasteiger partial charge in [-0.3, -0.25) is 0 Å². The summed E-state index contributed by atoms with van der Waals surface area (Å²) >= 11 is 0. The highest BCUT2D eigenvalue weighted by molar-refractivity contribution is 5.56. The molecule has 0 aliphatic heterocycles. The summed E-state index contributed by atoms with van der Waals surface area (Å²) in [7, 11) is 0. The normalized spacial score (nSPS) is 12.6. The van der Waals surface area contributed by atoms with Crippen molar-refractivity contribution in [3.05, 3.63) is 30.2 Å². The number of phenols is 1. The van der Waals surface area contributed by atoms with Gasteiger partial charge in [0.05, 0.1) is 6.54 Å². The summed E-state index contributed by atoms with van der Waals surface area (Å²) < 4.78 is 5.15. The molecule has 1 aromatic carbocycles. The van der Waals surface area contributed by atoms with Gasteiger partial charge in [0.25, 0.3) is 0 Å². The quantitative estimate of drug-likeness (QED) is 0.848. The number of nitrogens with one attached hydrogen (secondary N) is 1. The van der Waals surface area contributed by atoms with Crippen LogP contribution in [0.3, 0.4) is 0 Å². The van der Waals surface area contributed by atoms with Crippen LogP contribution in [0.15, 0.2) is 28.8 Å². The molecular formula is C13H17N3O2. The van der Waals surface area contributed by atoms with Gasteiger partial charge in [-0.05, 0) is 25.5 Å². The number of benzene rings is 1. The first kappa shape index (κ1) is 12.6. The third kappa shape index (κ3) is 3.07. The highest BCUT2D eigenvalue weighted by Crippen LogP contribution is 2.20. The third-order valence-corrected chi connectivity index (χ3v) is 2.79. The van der Waals surface area contributed by atoms with E-state index < -0.39 is 0 Å². The first-order chi connectivity index (χ1) is 8.69. The number of nitrogens with zero attached hydrogens (tertiary/aromatic N) is 2. The van der Waals surface area contributed by atoms with Crippen LogP contribution in [0.5, 0.6) is 5.75 Å². The number of hydrogen-bond donors (Lipinski definition) is 2. The smallest absolute Gasteiger partial charge is 0.240 e. The number of phenolic OH excluding ortho intramolecular Hbond substituents is 1. The van der Waals surface area contributed by atoms with Crippen LogP contribution in [0.4, 0.5) is 0 Å². The Labute approximate surface area is 106 Å². The zero-order chi connectivity index (χ0) is 13.0. The second-order valence-corrected chi connectivity index (χ2v) is 4.25. The third-order valence-electron chi connectivity index (χ3n) is 2.79. The number of aromatic nitrogens is 2. The van der Waals surface area contributed by atoms with Crippen molar-refractivity contribution < 1.29 is 9.63 Å². The molecule has 96 valence electrons.